The minimum Gasteiger partial charge on any atom is -0.310 e. The number of aromatic nitrogens is 3. The van der Waals surface area contributed by atoms with E-state index in [1.54, 1.807) is 0 Å². The van der Waals surface area contributed by atoms with Crippen LogP contribution >= 0.6 is 0 Å². The molecule has 0 saturated heterocycles. The number of benzene rings is 15. The topological polar surface area (TPSA) is 14.8 Å². The molecule has 434 valence electrons. The van der Waals surface area contributed by atoms with Crippen LogP contribution in [0.3, 0.4) is 0 Å². The lowest BCUT2D eigenvalue weighted by molar-refractivity contribution is 0.666. The van der Waals surface area contributed by atoms with E-state index in [4.69, 9.17) is 0 Å². The molecule has 18 aromatic rings. The third-order valence-electron chi connectivity index (χ3n) is 23.4. The van der Waals surface area contributed by atoms with Gasteiger partial charge in [0.15, 0.2) is 0 Å². The zero-order valence-corrected chi connectivity index (χ0v) is 52.3. The maximum Gasteiger partial charge on any atom is 0.252 e. The molecule has 0 atom stereocenters. The van der Waals surface area contributed by atoms with Crippen LogP contribution in [0.25, 0.3) is 182 Å². The highest BCUT2D eigenvalue weighted by Crippen LogP contribution is 2.58. The Morgan fingerprint density at radius 2 is 0.766 bits per heavy atom. The molecular formula is C90H56BN3. The Morgan fingerprint density at radius 1 is 0.277 bits per heavy atom. The summed E-state index contributed by atoms with van der Waals surface area (Å²) in [5, 5.41) is 15.5. The van der Waals surface area contributed by atoms with Crippen molar-refractivity contribution in [2.45, 2.75) is 38.5 Å². The third kappa shape index (κ3) is 5.95. The second-order valence-electron chi connectivity index (χ2n) is 28.6. The van der Waals surface area contributed by atoms with Gasteiger partial charge < -0.3 is 13.7 Å². The van der Waals surface area contributed by atoms with Gasteiger partial charge in [0, 0.05) is 65.6 Å². The predicted molar refractivity (Wildman–Crippen MR) is 397 cm³/mol. The largest absolute Gasteiger partial charge is 0.310 e. The van der Waals surface area contributed by atoms with Gasteiger partial charge in [0.25, 0.3) is 6.71 Å². The quantitative estimate of drug-likeness (QED) is 0.157. The van der Waals surface area contributed by atoms with Crippen molar-refractivity contribution >= 4 is 121 Å². The highest BCUT2D eigenvalue weighted by atomic mass is 15.1. The van der Waals surface area contributed by atoms with Crippen molar-refractivity contribution in [1.29, 1.82) is 0 Å². The van der Waals surface area contributed by atoms with Crippen molar-refractivity contribution in [3.05, 3.63) is 289 Å². The Morgan fingerprint density at radius 3 is 1.48 bits per heavy atom. The molecule has 4 heteroatoms. The van der Waals surface area contributed by atoms with Gasteiger partial charge in [0.1, 0.15) is 0 Å². The minimum atomic E-state index is -0.297. The van der Waals surface area contributed by atoms with Gasteiger partial charge in [-0.25, -0.2) is 0 Å². The van der Waals surface area contributed by atoms with Gasteiger partial charge in [-0.1, -0.05) is 234 Å². The van der Waals surface area contributed by atoms with E-state index in [1.807, 2.05) is 0 Å². The molecule has 0 radical (unpaired) electrons. The smallest absolute Gasteiger partial charge is 0.252 e. The monoisotopic (exact) mass is 1190 g/mol. The van der Waals surface area contributed by atoms with Crippen LogP contribution in [0.1, 0.15) is 49.9 Å². The fraction of sp³-hybridized carbons (Fsp3) is 0.0667. The van der Waals surface area contributed by atoms with Crippen molar-refractivity contribution in [2.75, 3.05) is 0 Å². The van der Waals surface area contributed by atoms with E-state index in [2.05, 4.69) is 308 Å². The summed E-state index contributed by atoms with van der Waals surface area (Å²) in [7, 11) is 0. The molecule has 0 amide bonds. The average molecular weight is 1190 g/mol. The van der Waals surface area contributed by atoms with Crippen LogP contribution in [-0.4, -0.2) is 20.4 Å². The summed E-state index contributed by atoms with van der Waals surface area (Å²) >= 11 is 0. The molecular weight excluding hydrogens is 1130 g/mol. The van der Waals surface area contributed by atoms with E-state index in [0.717, 1.165) is 5.69 Å². The molecule has 0 fully saturated rings. The second kappa shape index (κ2) is 17.0. The highest BCUT2D eigenvalue weighted by molar-refractivity contribution is 7.00. The zero-order valence-electron chi connectivity index (χ0n) is 52.3. The van der Waals surface area contributed by atoms with Crippen LogP contribution in [0.5, 0.6) is 0 Å². The second-order valence-corrected chi connectivity index (χ2v) is 28.6. The molecule has 23 rings (SSSR count). The van der Waals surface area contributed by atoms with Crippen LogP contribution in [-0.2, 0) is 10.8 Å². The lowest BCUT2D eigenvalue weighted by Gasteiger charge is -2.35. The van der Waals surface area contributed by atoms with Crippen LogP contribution in [0.15, 0.2) is 267 Å². The summed E-state index contributed by atoms with van der Waals surface area (Å²) in [6.45, 7) is 9.76. The average Bonchev–Trinajstić information content (AvgIpc) is 1.46. The van der Waals surface area contributed by atoms with E-state index < -0.39 is 0 Å². The first-order valence-electron chi connectivity index (χ1n) is 33.4. The van der Waals surface area contributed by atoms with Crippen LogP contribution in [0, 0.1) is 0 Å². The van der Waals surface area contributed by atoms with Gasteiger partial charge in [-0.2, -0.15) is 0 Å². The fourth-order valence-electron chi connectivity index (χ4n) is 19.6. The summed E-state index contributed by atoms with van der Waals surface area (Å²) in [6, 6.07) is 104. The molecule has 3 aliphatic carbocycles. The Kier molecular flexibility index (Phi) is 9.07. The van der Waals surface area contributed by atoms with E-state index in [1.165, 1.54) is 215 Å². The molecule has 3 aromatic heterocycles. The van der Waals surface area contributed by atoms with Crippen LogP contribution < -0.4 is 16.4 Å². The fourth-order valence-corrected chi connectivity index (χ4v) is 19.6. The molecule has 5 heterocycles. The molecule has 3 nitrogen and oxygen atoms in total. The third-order valence-corrected chi connectivity index (χ3v) is 23.4. The van der Waals surface area contributed by atoms with E-state index in [9.17, 15) is 0 Å². The molecule has 0 bridgehead atoms. The molecule has 15 aromatic carbocycles. The Balaban J connectivity index is 0.921. The predicted octanol–water partition coefficient (Wildman–Crippen LogP) is 21.2. The lowest BCUT2D eigenvalue weighted by Crippen LogP contribution is -2.59. The standard InChI is InChI=1S/C90H56BN3/c1-89(2)69-28-13-11-24-61(69)65-37-40-75-81(84(65)89)68-44-57(55-34-32-50-18-6-8-20-53(50)42-55)45-71-87(68)94(75)78-47-58(92-74-30-16-27-64-60-23-10-9-22-59(60)63-26-15-21-51-35-39-76(92)83(79(51)63)80(64)74)46-77-86(78)91(71)72-48-66-62-25-12-14-29-70(62)90(3,4)85(66)82-67-43-56(36-38-73(67)93(77)88(72)82)54-33-31-49-17-5-7-19-52(49)41-54/h5-48H,1-4H3. The van der Waals surface area contributed by atoms with E-state index >= 15 is 0 Å². The summed E-state index contributed by atoms with van der Waals surface area (Å²) in [5.74, 6) is 0. The first-order chi connectivity index (χ1) is 46.2. The maximum atomic E-state index is 2.74. The molecule has 5 aliphatic rings. The molecule has 2 aliphatic heterocycles. The zero-order chi connectivity index (χ0) is 61.5. The summed E-state index contributed by atoms with van der Waals surface area (Å²) < 4.78 is 8.13. The Bertz CT molecular complexity index is 6670. The van der Waals surface area contributed by atoms with Crippen molar-refractivity contribution in [3.8, 4) is 83.8 Å². The molecule has 0 spiro atoms. The van der Waals surface area contributed by atoms with Crippen molar-refractivity contribution in [1.82, 2.24) is 13.7 Å². The molecule has 0 N–H and O–H groups in total. The number of rotatable bonds is 3. The van der Waals surface area contributed by atoms with Crippen LogP contribution in [0.2, 0.25) is 0 Å². The molecule has 94 heavy (non-hydrogen) atoms. The Hall–Kier alpha value is -11.5. The van der Waals surface area contributed by atoms with Gasteiger partial charge in [-0.05, 0) is 198 Å². The van der Waals surface area contributed by atoms with Gasteiger partial charge >= 0.3 is 0 Å². The van der Waals surface area contributed by atoms with Crippen molar-refractivity contribution in [2.24, 2.45) is 0 Å². The molecule has 0 saturated carbocycles. The summed E-state index contributed by atoms with van der Waals surface area (Å²) in [5.41, 5.74) is 35.6. The van der Waals surface area contributed by atoms with Gasteiger partial charge in [0.2, 0.25) is 0 Å². The van der Waals surface area contributed by atoms with Gasteiger partial charge in [-0.3, -0.25) is 0 Å². The Labute approximate surface area is 542 Å². The summed E-state index contributed by atoms with van der Waals surface area (Å²) in [4.78, 5) is 0. The summed E-state index contributed by atoms with van der Waals surface area (Å²) in [6.07, 6.45) is 0. The first kappa shape index (κ1) is 50.2. The minimum absolute atomic E-state index is 0.143. The normalized spacial score (nSPS) is 14.5. The number of fused-ring (bicyclic) bond motifs is 23. The van der Waals surface area contributed by atoms with Crippen LogP contribution in [0.4, 0.5) is 0 Å². The van der Waals surface area contributed by atoms with E-state index in [0.29, 0.717) is 0 Å². The number of hydrogen-bond donors (Lipinski definition) is 0. The van der Waals surface area contributed by atoms with E-state index in [-0.39, 0.29) is 17.5 Å². The van der Waals surface area contributed by atoms with Crippen molar-refractivity contribution in [3.63, 3.8) is 0 Å². The number of hydrogen-bond acceptors (Lipinski definition) is 0. The molecule has 0 unspecified atom stereocenters. The van der Waals surface area contributed by atoms with Gasteiger partial charge in [-0.15, -0.1) is 0 Å². The highest BCUT2D eigenvalue weighted by Gasteiger charge is 2.47. The van der Waals surface area contributed by atoms with Gasteiger partial charge in [0.05, 0.1) is 27.8 Å². The SMILES string of the molecule is CC1(C)c2ccccc2-c2ccc3c(c21)c1cc(-c2ccc4ccccc4c2)cc2c1n3-c1cc(-n3c4cccc5c4c4c6c(cccc6ccc43)-c3ccccc3-5)cc3c1B2c1cc2c(c4c5cc(-c6ccc7ccccc7c6)ccc5n-3c14)C(C)(C)c1ccccc1-2. The first-order valence-corrected chi connectivity index (χ1v) is 33.4. The van der Waals surface area contributed by atoms with Crippen molar-refractivity contribution < 1.29 is 0 Å². The lowest BCUT2D eigenvalue weighted by atomic mass is 9.34. The maximum absolute atomic E-state index is 2.74. The number of nitrogens with zero attached hydrogens (tertiary/aromatic N) is 3.